The van der Waals surface area contributed by atoms with Crippen molar-refractivity contribution in [2.75, 3.05) is 37.1 Å². The van der Waals surface area contributed by atoms with E-state index in [0.717, 1.165) is 54.0 Å². The van der Waals surface area contributed by atoms with E-state index in [4.69, 9.17) is 9.47 Å². The zero-order valence-electron chi connectivity index (χ0n) is 20.4. The first kappa shape index (κ1) is 24.3. The van der Waals surface area contributed by atoms with Gasteiger partial charge in [-0.2, -0.15) is 8.78 Å². The van der Waals surface area contributed by atoms with Crippen LogP contribution in [-0.2, 0) is 15.4 Å². The van der Waals surface area contributed by atoms with E-state index in [0.29, 0.717) is 18.9 Å². The van der Waals surface area contributed by atoms with Crippen molar-refractivity contribution in [1.29, 1.82) is 0 Å². The number of halogens is 2. The molecule has 2 atom stereocenters. The van der Waals surface area contributed by atoms with Gasteiger partial charge in [-0.1, -0.05) is 12.1 Å². The number of morpholine rings is 1. The second kappa shape index (κ2) is 9.55. The summed E-state index contributed by atoms with van der Waals surface area (Å²) in [7, 11) is 1.73. The van der Waals surface area contributed by atoms with Gasteiger partial charge in [0.25, 0.3) is 11.8 Å². The molecule has 7 nitrogen and oxygen atoms in total. The highest BCUT2D eigenvalue weighted by molar-refractivity contribution is 6.04. The molecular weight excluding hydrogens is 466 g/mol. The number of carbonyl (C=O) groups is 1. The molecule has 188 valence electrons. The zero-order chi connectivity index (χ0) is 25.4. The van der Waals surface area contributed by atoms with Crippen LogP contribution < -0.4 is 10.2 Å². The van der Waals surface area contributed by atoms with Crippen LogP contribution in [0.4, 0.5) is 20.2 Å². The van der Waals surface area contributed by atoms with Gasteiger partial charge in [-0.05, 0) is 36.8 Å². The molecule has 2 aliphatic rings. The minimum absolute atomic E-state index is 0.00240. The molecule has 9 heteroatoms. The summed E-state index contributed by atoms with van der Waals surface area (Å²) in [5.74, 6) is -3.65. The SMILES string of the molecule is CO[C@@H]1C[C@@H]2COCCN2c2cc(-c3cc(NC(=O)c4ccnc(C(C)(F)F)c4)cnc3C)ccc21. The van der Waals surface area contributed by atoms with Crippen molar-refractivity contribution in [3.63, 3.8) is 0 Å². The summed E-state index contributed by atoms with van der Waals surface area (Å²) in [6.07, 6.45) is 3.65. The topological polar surface area (TPSA) is 76.6 Å². The van der Waals surface area contributed by atoms with Crippen molar-refractivity contribution in [2.24, 2.45) is 0 Å². The molecule has 0 saturated carbocycles. The van der Waals surface area contributed by atoms with Gasteiger partial charge in [0.05, 0.1) is 37.2 Å². The fraction of sp³-hybridized carbons (Fsp3) is 0.370. The van der Waals surface area contributed by atoms with Crippen LogP contribution in [0.5, 0.6) is 0 Å². The third kappa shape index (κ3) is 4.68. The second-order valence-electron chi connectivity index (χ2n) is 9.28. The zero-order valence-corrected chi connectivity index (χ0v) is 20.4. The fourth-order valence-electron chi connectivity index (χ4n) is 4.91. The summed E-state index contributed by atoms with van der Waals surface area (Å²) in [6, 6.07) is 10.9. The Morgan fingerprint density at radius 2 is 2.06 bits per heavy atom. The first-order valence-corrected chi connectivity index (χ1v) is 11.9. The minimum atomic E-state index is -3.14. The van der Waals surface area contributed by atoms with Crippen LogP contribution in [0.15, 0.2) is 48.8 Å². The number of benzene rings is 1. The Morgan fingerprint density at radius 1 is 1.22 bits per heavy atom. The first-order valence-electron chi connectivity index (χ1n) is 11.9. The molecule has 0 radical (unpaired) electrons. The maximum absolute atomic E-state index is 13.7. The quantitative estimate of drug-likeness (QED) is 0.531. The Labute approximate surface area is 208 Å². The molecule has 1 aromatic carbocycles. The van der Waals surface area contributed by atoms with Crippen molar-refractivity contribution in [3.05, 3.63) is 71.3 Å². The molecule has 0 aliphatic carbocycles. The predicted octanol–water partition coefficient (Wildman–Crippen LogP) is 5.11. The lowest BCUT2D eigenvalue weighted by Gasteiger charge is -2.44. The number of nitrogens with zero attached hydrogens (tertiary/aromatic N) is 3. The lowest BCUT2D eigenvalue weighted by molar-refractivity contribution is 0.0127. The molecule has 1 amide bonds. The number of rotatable bonds is 5. The predicted molar refractivity (Wildman–Crippen MR) is 132 cm³/mol. The van der Waals surface area contributed by atoms with Crippen LogP contribution in [-0.4, -0.2) is 48.8 Å². The van der Waals surface area contributed by atoms with Crippen molar-refractivity contribution in [3.8, 4) is 11.1 Å². The van der Waals surface area contributed by atoms with E-state index >= 15 is 0 Å². The third-order valence-electron chi connectivity index (χ3n) is 6.81. The normalized spacial score (nSPS) is 19.4. The summed E-state index contributed by atoms with van der Waals surface area (Å²) >= 11 is 0. The van der Waals surface area contributed by atoms with Gasteiger partial charge >= 0.3 is 0 Å². The Hall–Kier alpha value is -3.43. The van der Waals surface area contributed by atoms with Crippen molar-refractivity contribution in [1.82, 2.24) is 9.97 Å². The van der Waals surface area contributed by atoms with E-state index < -0.39 is 17.5 Å². The lowest BCUT2D eigenvalue weighted by Crippen LogP contribution is -2.49. The minimum Gasteiger partial charge on any atom is -0.377 e. The molecule has 4 heterocycles. The Morgan fingerprint density at radius 3 is 2.83 bits per heavy atom. The van der Waals surface area contributed by atoms with E-state index in [1.807, 2.05) is 19.1 Å². The molecule has 1 saturated heterocycles. The number of amides is 1. The van der Waals surface area contributed by atoms with Gasteiger partial charge in [-0.15, -0.1) is 0 Å². The molecule has 3 aromatic rings. The number of hydrogen-bond donors (Lipinski definition) is 1. The van der Waals surface area contributed by atoms with Gasteiger partial charge in [-0.25, -0.2) is 0 Å². The number of alkyl halides is 2. The third-order valence-corrected chi connectivity index (χ3v) is 6.81. The number of fused-ring (bicyclic) bond motifs is 3. The summed E-state index contributed by atoms with van der Waals surface area (Å²) in [6.45, 7) is 4.83. The monoisotopic (exact) mass is 494 g/mol. The molecule has 36 heavy (non-hydrogen) atoms. The Balaban J connectivity index is 1.45. The van der Waals surface area contributed by atoms with Crippen LogP contribution in [0.3, 0.4) is 0 Å². The van der Waals surface area contributed by atoms with Gasteiger partial charge in [0.15, 0.2) is 0 Å². The van der Waals surface area contributed by atoms with Crippen LogP contribution >= 0.6 is 0 Å². The Bertz CT molecular complexity index is 1290. The highest BCUT2D eigenvalue weighted by Crippen LogP contribution is 2.42. The lowest BCUT2D eigenvalue weighted by atomic mass is 9.90. The second-order valence-corrected chi connectivity index (χ2v) is 9.28. The van der Waals surface area contributed by atoms with Gasteiger partial charge in [0.1, 0.15) is 5.69 Å². The van der Waals surface area contributed by atoms with Crippen molar-refractivity contribution >= 4 is 17.3 Å². The number of carbonyl (C=O) groups excluding carboxylic acids is 1. The number of pyridine rings is 2. The fourth-order valence-corrected chi connectivity index (χ4v) is 4.91. The van der Waals surface area contributed by atoms with Gasteiger partial charge in [0.2, 0.25) is 0 Å². The maximum atomic E-state index is 13.7. The van der Waals surface area contributed by atoms with Crippen LogP contribution in [0.1, 0.15) is 46.8 Å². The molecule has 0 spiro atoms. The molecule has 2 aromatic heterocycles. The summed E-state index contributed by atoms with van der Waals surface area (Å²) in [5.41, 5.74) is 5.03. The largest absolute Gasteiger partial charge is 0.377 e. The van der Waals surface area contributed by atoms with E-state index in [1.165, 1.54) is 12.3 Å². The number of nitrogens with one attached hydrogen (secondary N) is 1. The Kier molecular flexibility index (Phi) is 6.44. The van der Waals surface area contributed by atoms with Gasteiger partial charge < -0.3 is 19.7 Å². The highest BCUT2D eigenvalue weighted by Gasteiger charge is 2.35. The summed E-state index contributed by atoms with van der Waals surface area (Å²) in [5, 5.41) is 2.78. The summed E-state index contributed by atoms with van der Waals surface area (Å²) in [4.78, 5) is 23.3. The molecule has 1 N–H and O–H groups in total. The maximum Gasteiger partial charge on any atom is 0.286 e. The average molecular weight is 495 g/mol. The molecule has 0 bridgehead atoms. The van der Waals surface area contributed by atoms with Gasteiger partial charge in [0, 0.05) is 61.3 Å². The molecule has 1 fully saturated rings. The number of methoxy groups -OCH3 is 1. The highest BCUT2D eigenvalue weighted by atomic mass is 19.3. The van der Waals surface area contributed by atoms with Crippen molar-refractivity contribution < 1.29 is 23.0 Å². The van der Waals surface area contributed by atoms with E-state index in [9.17, 15) is 13.6 Å². The van der Waals surface area contributed by atoms with Gasteiger partial charge in [-0.3, -0.25) is 14.8 Å². The molecule has 0 unspecified atom stereocenters. The number of anilines is 2. The average Bonchev–Trinajstić information content (AvgIpc) is 2.88. The smallest absolute Gasteiger partial charge is 0.286 e. The number of aromatic nitrogens is 2. The first-order chi connectivity index (χ1) is 17.2. The standard InChI is InChI=1S/C27H28F2N4O3/c1-16-22(12-19(14-31-16)32-26(34)18-6-7-30-25(11-18)27(2,28)29)17-4-5-21-23(10-17)33-8-9-36-15-20(33)13-24(21)35-3/h4-7,10-12,14,20,24H,8-9,13,15H2,1-3H3,(H,32,34)/t20-,24-/m1/s1. The molecule has 2 aliphatic heterocycles. The van der Waals surface area contributed by atoms with Crippen LogP contribution in [0.2, 0.25) is 0 Å². The molecule has 5 rings (SSSR count). The number of aryl methyl sites for hydroxylation is 1. The van der Waals surface area contributed by atoms with Crippen LogP contribution in [0.25, 0.3) is 11.1 Å². The number of ether oxygens (including phenoxy) is 2. The van der Waals surface area contributed by atoms with E-state index in [2.05, 4.69) is 32.3 Å². The van der Waals surface area contributed by atoms with Crippen molar-refractivity contribution in [2.45, 2.75) is 38.3 Å². The van der Waals surface area contributed by atoms with E-state index in [1.54, 1.807) is 13.3 Å². The summed E-state index contributed by atoms with van der Waals surface area (Å²) < 4.78 is 38.8. The van der Waals surface area contributed by atoms with E-state index in [-0.39, 0.29) is 17.7 Å². The molecular formula is C27H28F2N4O3. The van der Waals surface area contributed by atoms with Crippen LogP contribution in [0, 0.1) is 6.92 Å². The number of hydrogen-bond acceptors (Lipinski definition) is 6.